The lowest BCUT2D eigenvalue weighted by Crippen LogP contribution is -2.40. The zero-order valence-corrected chi connectivity index (χ0v) is 10.8. The van der Waals surface area contributed by atoms with E-state index in [2.05, 4.69) is 37.1 Å². The van der Waals surface area contributed by atoms with Gasteiger partial charge in [0.15, 0.2) is 0 Å². The third-order valence-electron chi connectivity index (χ3n) is 2.43. The van der Waals surface area contributed by atoms with Crippen molar-refractivity contribution in [2.24, 2.45) is 5.41 Å². The molecule has 0 spiro atoms. The summed E-state index contributed by atoms with van der Waals surface area (Å²) in [7, 11) is 2.02. The van der Waals surface area contributed by atoms with Gasteiger partial charge in [0.05, 0.1) is 5.03 Å². The molecule has 1 unspecified atom stereocenters. The summed E-state index contributed by atoms with van der Waals surface area (Å²) in [4.78, 5) is 4.30. The Labute approximate surface area is 96.9 Å². The molecule has 2 nitrogen and oxygen atoms in total. The maximum atomic E-state index is 4.30. The first-order valence-electron chi connectivity index (χ1n) is 5.25. The Morgan fingerprint density at radius 2 is 2.13 bits per heavy atom. The highest BCUT2D eigenvalue weighted by Gasteiger charge is 2.22. The molecule has 0 aliphatic carbocycles. The highest BCUT2D eigenvalue weighted by molar-refractivity contribution is 7.99. The van der Waals surface area contributed by atoms with E-state index in [1.165, 1.54) is 0 Å². The Morgan fingerprint density at radius 1 is 1.40 bits per heavy atom. The molecule has 0 radical (unpaired) electrons. The smallest absolute Gasteiger partial charge is 0.0960 e. The summed E-state index contributed by atoms with van der Waals surface area (Å²) in [5.74, 6) is 1.05. The van der Waals surface area contributed by atoms with E-state index in [1.54, 1.807) is 11.8 Å². The van der Waals surface area contributed by atoms with Crippen LogP contribution in [0.5, 0.6) is 0 Å². The summed E-state index contributed by atoms with van der Waals surface area (Å²) < 4.78 is 0. The molecule has 1 aromatic heterocycles. The number of hydrogen-bond donors (Lipinski definition) is 1. The van der Waals surface area contributed by atoms with Crippen LogP contribution in [0.1, 0.15) is 20.8 Å². The number of nitrogens with zero attached hydrogens (tertiary/aromatic N) is 1. The quantitative estimate of drug-likeness (QED) is 0.796. The number of nitrogens with one attached hydrogen (secondary N) is 1. The molecule has 15 heavy (non-hydrogen) atoms. The van der Waals surface area contributed by atoms with Crippen LogP contribution < -0.4 is 5.32 Å². The molecule has 3 heteroatoms. The van der Waals surface area contributed by atoms with Crippen molar-refractivity contribution >= 4 is 11.8 Å². The fourth-order valence-corrected chi connectivity index (χ4v) is 2.68. The van der Waals surface area contributed by atoms with Gasteiger partial charge in [-0.3, -0.25) is 0 Å². The van der Waals surface area contributed by atoms with E-state index in [-0.39, 0.29) is 5.41 Å². The summed E-state index contributed by atoms with van der Waals surface area (Å²) in [5.41, 5.74) is 0.288. The molecule has 0 aromatic carbocycles. The zero-order chi connectivity index (χ0) is 11.3. The van der Waals surface area contributed by atoms with E-state index in [1.807, 2.05) is 25.4 Å². The Hall–Kier alpha value is -0.540. The van der Waals surface area contributed by atoms with Crippen molar-refractivity contribution in [1.29, 1.82) is 0 Å². The maximum Gasteiger partial charge on any atom is 0.0960 e. The highest BCUT2D eigenvalue weighted by atomic mass is 32.2. The summed E-state index contributed by atoms with van der Waals surface area (Å²) in [5, 5.41) is 4.46. The van der Waals surface area contributed by atoms with Gasteiger partial charge in [-0.1, -0.05) is 26.8 Å². The predicted octanol–water partition coefficient (Wildman–Crippen LogP) is 2.81. The van der Waals surface area contributed by atoms with Gasteiger partial charge in [-0.2, -0.15) is 0 Å². The monoisotopic (exact) mass is 224 g/mol. The van der Waals surface area contributed by atoms with Gasteiger partial charge in [0.1, 0.15) is 0 Å². The molecule has 84 valence electrons. The molecule has 1 aromatic rings. The number of rotatable bonds is 4. The summed E-state index contributed by atoms with van der Waals surface area (Å²) in [6, 6.07) is 6.54. The van der Waals surface area contributed by atoms with Crippen LogP contribution in [0.4, 0.5) is 0 Å². The van der Waals surface area contributed by atoms with Crippen molar-refractivity contribution in [1.82, 2.24) is 10.3 Å². The Balaban J connectivity index is 2.49. The van der Waals surface area contributed by atoms with Crippen LogP contribution in [0.25, 0.3) is 0 Å². The third-order valence-corrected chi connectivity index (χ3v) is 3.47. The number of hydrogen-bond acceptors (Lipinski definition) is 3. The molecule has 0 saturated heterocycles. The zero-order valence-electron chi connectivity index (χ0n) is 9.95. The summed E-state index contributed by atoms with van der Waals surface area (Å²) >= 11 is 1.81. The molecular formula is C12H20N2S. The lowest BCUT2D eigenvalue weighted by molar-refractivity contribution is 0.305. The molecular weight excluding hydrogens is 204 g/mol. The molecule has 0 fully saturated rings. The third kappa shape index (κ3) is 4.22. The van der Waals surface area contributed by atoms with Gasteiger partial charge in [0.25, 0.3) is 0 Å². The lowest BCUT2D eigenvalue weighted by Gasteiger charge is -2.29. The molecule has 0 aliphatic heterocycles. The van der Waals surface area contributed by atoms with Gasteiger partial charge in [-0.05, 0) is 24.6 Å². The van der Waals surface area contributed by atoms with Crippen LogP contribution in [0.3, 0.4) is 0 Å². The molecule has 0 aliphatic rings. The predicted molar refractivity (Wildman–Crippen MR) is 67.3 cm³/mol. The Kier molecular flexibility index (Phi) is 4.61. The molecule has 1 N–H and O–H groups in total. The minimum atomic E-state index is 0.288. The van der Waals surface area contributed by atoms with Crippen molar-refractivity contribution in [2.45, 2.75) is 31.8 Å². The maximum absolute atomic E-state index is 4.30. The van der Waals surface area contributed by atoms with Crippen LogP contribution in [-0.2, 0) is 0 Å². The second-order valence-electron chi connectivity index (χ2n) is 4.69. The van der Waals surface area contributed by atoms with Crippen molar-refractivity contribution < 1.29 is 0 Å². The standard InChI is InChI=1S/C12H20N2S/c1-12(2,3)10(13-4)9-15-11-7-5-6-8-14-11/h5-8,10,13H,9H2,1-4H3. The molecule has 0 bridgehead atoms. The summed E-state index contributed by atoms with van der Waals surface area (Å²) in [6.45, 7) is 6.77. The highest BCUT2D eigenvalue weighted by Crippen LogP contribution is 2.25. The van der Waals surface area contributed by atoms with E-state index < -0.39 is 0 Å². The van der Waals surface area contributed by atoms with E-state index in [0.717, 1.165) is 10.8 Å². The fourth-order valence-electron chi connectivity index (χ4n) is 1.37. The molecule has 1 rings (SSSR count). The van der Waals surface area contributed by atoms with E-state index in [9.17, 15) is 0 Å². The van der Waals surface area contributed by atoms with Gasteiger partial charge in [0.2, 0.25) is 0 Å². The van der Waals surface area contributed by atoms with Gasteiger partial charge in [0, 0.05) is 18.0 Å². The molecule has 0 saturated carbocycles. The second-order valence-corrected chi connectivity index (χ2v) is 5.73. The van der Waals surface area contributed by atoms with Crippen molar-refractivity contribution in [3.8, 4) is 0 Å². The minimum Gasteiger partial charge on any atom is -0.316 e. The van der Waals surface area contributed by atoms with Crippen molar-refractivity contribution in [3.63, 3.8) is 0 Å². The molecule has 1 heterocycles. The SMILES string of the molecule is CNC(CSc1ccccn1)C(C)(C)C. The molecule has 0 amide bonds. The van der Waals surface area contributed by atoms with E-state index in [0.29, 0.717) is 6.04 Å². The van der Waals surface area contributed by atoms with Gasteiger partial charge >= 0.3 is 0 Å². The van der Waals surface area contributed by atoms with Crippen LogP contribution in [0, 0.1) is 5.41 Å². The van der Waals surface area contributed by atoms with Gasteiger partial charge < -0.3 is 5.32 Å². The van der Waals surface area contributed by atoms with Crippen LogP contribution in [0.2, 0.25) is 0 Å². The number of aromatic nitrogens is 1. The average Bonchev–Trinajstić information content (AvgIpc) is 2.18. The van der Waals surface area contributed by atoms with Crippen molar-refractivity contribution in [2.75, 3.05) is 12.8 Å². The topological polar surface area (TPSA) is 24.9 Å². The second kappa shape index (κ2) is 5.52. The number of thioether (sulfide) groups is 1. The first-order valence-corrected chi connectivity index (χ1v) is 6.23. The van der Waals surface area contributed by atoms with E-state index in [4.69, 9.17) is 0 Å². The fraction of sp³-hybridized carbons (Fsp3) is 0.583. The van der Waals surface area contributed by atoms with Crippen LogP contribution in [0.15, 0.2) is 29.4 Å². The number of pyridine rings is 1. The van der Waals surface area contributed by atoms with Crippen molar-refractivity contribution in [3.05, 3.63) is 24.4 Å². The normalized spacial score (nSPS) is 13.9. The Bertz CT molecular complexity index is 279. The summed E-state index contributed by atoms with van der Waals surface area (Å²) in [6.07, 6.45) is 1.84. The van der Waals surface area contributed by atoms with E-state index >= 15 is 0 Å². The van der Waals surface area contributed by atoms with Crippen LogP contribution >= 0.6 is 11.8 Å². The molecule has 1 atom stereocenters. The minimum absolute atomic E-state index is 0.288. The van der Waals surface area contributed by atoms with Gasteiger partial charge in [-0.25, -0.2) is 4.98 Å². The first-order chi connectivity index (χ1) is 7.04. The largest absolute Gasteiger partial charge is 0.316 e. The average molecular weight is 224 g/mol. The van der Waals surface area contributed by atoms with Gasteiger partial charge in [-0.15, -0.1) is 11.8 Å². The first kappa shape index (κ1) is 12.5. The lowest BCUT2D eigenvalue weighted by atomic mass is 9.88. The van der Waals surface area contributed by atoms with Crippen LogP contribution in [-0.4, -0.2) is 23.8 Å². The Morgan fingerprint density at radius 3 is 2.60 bits per heavy atom.